The number of hydrogen-bond acceptors (Lipinski definition) is 5. The Hall–Kier alpha value is -3.52. The van der Waals surface area contributed by atoms with Gasteiger partial charge in [0.15, 0.2) is 0 Å². The van der Waals surface area contributed by atoms with Crippen molar-refractivity contribution in [1.82, 2.24) is 14.5 Å². The van der Waals surface area contributed by atoms with Crippen molar-refractivity contribution in [2.24, 2.45) is 16.5 Å². The molecule has 0 radical (unpaired) electrons. The van der Waals surface area contributed by atoms with Crippen molar-refractivity contribution in [2.45, 2.75) is 71.0 Å². The molecule has 1 saturated heterocycles. The van der Waals surface area contributed by atoms with Crippen LogP contribution >= 0.6 is 0 Å². The highest BCUT2D eigenvalue weighted by molar-refractivity contribution is 6.04. The number of piperidine rings is 1. The average molecular weight is 488 g/mol. The zero-order chi connectivity index (χ0) is 25.7. The number of rotatable bonds is 9. The summed E-state index contributed by atoms with van der Waals surface area (Å²) in [6, 6.07) is 14.0. The van der Waals surface area contributed by atoms with Crippen LogP contribution in [0.3, 0.4) is 0 Å². The van der Waals surface area contributed by atoms with E-state index in [1.54, 1.807) is 22.8 Å². The lowest BCUT2D eigenvalue weighted by Crippen LogP contribution is -2.44. The van der Waals surface area contributed by atoms with Crippen molar-refractivity contribution >= 4 is 28.4 Å². The standard InChI is InChI=1S/C28H37N7O/c1-19-9-8-10-20(2)34(19)15-6-3-7-16-35-25-17-21(13-14-24(25)32-18-26(35)36)28(31)33-23-12-5-4-11-22(23)27(29)30/h4-5,11-14,17-20H,3,6-10,15-16H2,1-2H3,(H3,29,30)(H2,31,33)/t19-,20+. The molecule has 0 unspecified atom stereocenters. The molecule has 1 aliphatic rings. The number of nitrogen functional groups attached to an aromatic ring is 1. The van der Waals surface area contributed by atoms with Gasteiger partial charge in [-0.2, -0.15) is 0 Å². The van der Waals surface area contributed by atoms with Crippen LogP contribution in [0.5, 0.6) is 0 Å². The number of aromatic nitrogens is 2. The van der Waals surface area contributed by atoms with E-state index in [0.717, 1.165) is 36.8 Å². The van der Waals surface area contributed by atoms with Crippen LogP contribution in [0, 0.1) is 5.41 Å². The molecule has 0 amide bonds. The Bertz CT molecular complexity index is 1300. The van der Waals surface area contributed by atoms with Crippen LogP contribution in [0.2, 0.25) is 0 Å². The van der Waals surface area contributed by atoms with Gasteiger partial charge in [-0.3, -0.25) is 15.1 Å². The van der Waals surface area contributed by atoms with E-state index in [1.165, 1.54) is 25.5 Å². The number of amidine groups is 2. The fourth-order valence-corrected chi connectivity index (χ4v) is 5.20. The van der Waals surface area contributed by atoms with Gasteiger partial charge in [0, 0.05) is 29.8 Å². The molecule has 1 aliphatic heterocycles. The monoisotopic (exact) mass is 487 g/mol. The molecule has 1 fully saturated rings. The highest BCUT2D eigenvalue weighted by Crippen LogP contribution is 2.23. The number of para-hydroxylation sites is 1. The molecule has 3 aromatic rings. The van der Waals surface area contributed by atoms with E-state index < -0.39 is 0 Å². The topological polar surface area (TPSA) is 126 Å². The van der Waals surface area contributed by atoms with Gasteiger partial charge in [0.2, 0.25) is 0 Å². The summed E-state index contributed by atoms with van der Waals surface area (Å²) in [6.45, 7) is 6.43. The number of aliphatic imine (C=N–C) groups is 1. The summed E-state index contributed by atoms with van der Waals surface area (Å²) in [6.07, 6.45) is 8.42. The van der Waals surface area contributed by atoms with Crippen LogP contribution in [0.1, 0.15) is 63.5 Å². The lowest BCUT2D eigenvalue weighted by atomic mass is 9.97. The maximum atomic E-state index is 12.7. The first-order valence-corrected chi connectivity index (χ1v) is 12.9. The van der Waals surface area contributed by atoms with Crippen molar-refractivity contribution < 1.29 is 0 Å². The molecule has 1 aromatic heterocycles. The number of hydrogen-bond donors (Lipinski definition) is 3. The molecule has 2 aromatic carbocycles. The molecule has 8 nitrogen and oxygen atoms in total. The number of likely N-dealkylation sites (tertiary alicyclic amines) is 1. The first-order valence-electron chi connectivity index (χ1n) is 12.9. The average Bonchev–Trinajstić information content (AvgIpc) is 2.86. The zero-order valence-corrected chi connectivity index (χ0v) is 21.3. The minimum absolute atomic E-state index is 0.0668. The van der Waals surface area contributed by atoms with Gasteiger partial charge < -0.3 is 16.0 Å². The van der Waals surface area contributed by atoms with Crippen LogP contribution in [0.15, 0.2) is 58.4 Å². The smallest absolute Gasteiger partial charge is 0.269 e. The maximum absolute atomic E-state index is 12.7. The Kier molecular flexibility index (Phi) is 8.15. The summed E-state index contributed by atoms with van der Waals surface area (Å²) in [7, 11) is 0. The van der Waals surface area contributed by atoms with Gasteiger partial charge in [0.25, 0.3) is 5.56 Å². The number of benzene rings is 2. The zero-order valence-electron chi connectivity index (χ0n) is 21.3. The van der Waals surface area contributed by atoms with Crippen molar-refractivity contribution in [3.05, 3.63) is 70.1 Å². The quantitative estimate of drug-likeness (QED) is 0.237. The second-order valence-electron chi connectivity index (χ2n) is 9.81. The third-order valence-corrected chi connectivity index (χ3v) is 7.25. The number of nitrogens with two attached hydrogens (primary N) is 2. The predicted octanol–water partition coefficient (Wildman–Crippen LogP) is 4.15. The molecule has 190 valence electrons. The molecule has 0 bridgehead atoms. The Morgan fingerprint density at radius 1 is 1.06 bits per heavy atom. The summed E-state index contributed by atoms with van der Waals surface area (Å²) in [5.41, 5.74) is 15.1. The Labute approximate surface area is 212 Å². The Morgan fingerprint density at radius 2 is 1.78 bits per heavy atom. The molecular weight excluding hydrogens is 450 g/mol. The van der Waals surface area contributed by atoms with Crippen molar-refractivity contribution in [3.8, 4) is 0 Å². The van der Waals surface area contributed by atoms with Gasteiger partial charge >= 0.3 is 0 Å². The molecule has 2 atom stereocenters. The SMILES string of the molecule is C[C@@H]1CCC[C@H](C)N1CCCCCn1c(=O)cnc2ccc(C(N)=Nc3ccccc3C(=N)N)cc21. The van der Waals surface area contributed by atoms with Crippen LogP contribution in [0.25, 0.3) is 11.0 Å². The van der Waals surface area contributed by atoms with E-state index in [1.807, 2.05) is 24.3 Å². The van der Waals surface area contributed by atoms with Gasteiger partial charge in [0.1, 0.15) is 11.7 Å². The summed E-state index contributed by atoms with van der Waals surface area (Å²) >= 11 is 0. The van der Waals surface area contributed by atoms with Crippen LogP contribution in [0.4, 0.5) is 5.69 Å². The van der Waals surface area contributed by atoms with E-state index in [-0.39, 0.29) is 11.4 Å². The fraction of sp³-hybridized carbons (Fsp3) is 0.429. The third-order valence-electron chi connectivity index (χ3n) is 7.25. The van der Waals surface area contributed by atoms with Gasteiger partial charge in [-0.05, 0) is 76.4 Å². The molecule has 0 spiro atoms. The summed E-state index contributed by atoms with van der Waals surface area (Å²) < 4.78 is 1.79. The highest BCUT2D eigenvalue weighted by Gasteiger charge is 2.23. The molecule has 2 heterocycles. The molecule has 8 heteroatoms. The van der Waals surface area contributed by atoms with Gasteiger partial charge in [-0.15, -0.1) is 0 Å². The molecule has 5 N–H and O–H groups in total. The summed E-state index contributed by atoms with van der Waals surface area (Å²) in [5, 5.41) is 7.78. The van der Waals surface area contributed by atoms with E-state index in [2.05, 4.69) is 28.7 Å². The molecule has 0 saturated carbocycles. The number of nitrogens with one attached hydrogen (secondary N) is 1. The Balaban J connectivity index is 1.49. The first-order chi connectivity index (χ1) is 17.3. The van der Waals surface area contributed by atoms with Gasteiger partial charge in [-0.1, -0.05) is 25.0 Å². The number of unbranched alkanes of at least 4 members (excludes halogenated alkanes) is 2. The minimum Gasteiger partial charge on any atom is -0.384 e. The molecular formula is C28H37N7O. The van der Waals surface area contributed by atoms with Crippen molar-refractivity contribution in [2.75, 3.05) is 6.54 Å². The van der Waals surface area contributed by atoms with Gasteiger partial charge in [0.05, 0.1) is 22.9 Å². The Morgan fingerprint density at radius 3 is 2.53 bits per heavy atom. The van der Waals surface area contributed by atoms with E-state index >= 15 is 0 Å². The molecule has 0 aliphatic carbocycles. The van der Waals surface area contributed by atoms with Crippen molar-refractivity contribution in [3.63, 3.8) is 0 Å². The van der Waals surface area contributed by atoms with Crippen LogP contribution < -0.4 is 17.0 Å². The van der Waals surface area contributed by atoms with Gasteiger partial charge in [-0.25, -0.2) is 9.98 Å². The summed E-state index contributed by atoms with van der Waals surface area (Å²) in [4.78, 5) is 24.2. The lowest BCUT2D eigenvalue weighted by Gasteiger charge is -2.39. The predicted molar refractivity (Wildman–Crippen MR) is 147 cm³/mol. The van der Waals surface area contributed by atoms with E-state index in [0.29, 0.717) is 41.3 Å². The summed E-state index contributed by atoms with van der Waals surface area (Å²) in [5.74, 6) is 0.223. The fourth-order valence-electron chi connectivity index (χ4n) is 5.20. The second kappa shape index (κ2) is 11.5. The number of nitrogens with zero attached hydrogens (tertiary/aromatic N) is 4. The minimum atomic E-state index is -0.115. The first kappa shape index (κ1) is 25.6. The van der Waals surface area contributed by atoms with Crippen molar-refractivity contribution in [1.29, 1.82) is 5.41 Å². The maximum Gasteiger partial charge on any atom is 0.269 e. The number of aryl methyl sites for hydroxylation is 1. The third kappa shape index (κ3) is 5.82. The second-order valence-corrected chi connectivity index (χ2v) is 9.81. The highest BCUT2D eigenvalue weighted by atomic mass is 16.1. The van der Waals surface area contributed by atoms with E-state index in [4.69, 9.17) is 16.9 Å². The van der Waals surface area contributed by atoms with E-state index in [9.17, 15) is 4.79 Å². The largest absolute Gasteiger partial charge is 0.384 e. The normalized spacial score (nSPS) is 19.0. The van der Waals surface area contributed by atoms with Crippen LogP contribution in [-0.4, -0.2) is 44.8 Å². The molecule has 4 rings (SSSR count). The molecule has 36 heavy (non-hydrogen) atoms. The van der Waals surface area contributed by atoms with Crippen LogP contribution in [-0.2, 0) is 6.54 Å². The number of fused-ring (bicyclic) bond motifs is 1. The lowest BCUT2D eigenvalue weighted by molar-refractivity contribution is 0.101.